The molecule has 0 fully saturated rings. The minimum absolute atomic E-state index is 0.0114. The topological polar surface area (TPSA) is 92.8 Å². The number of amides is 1. The Morgan fingerprint density at radius 3 is 2.29 bits per heavy atom. The van der Waals surface area contributed by atoms with Gasteiger partial charge in [-0.3, -0.25) is 4.79 Å². The van der Waals surface area contributed by atoms with Crippen molar-refractivity contribution in [3.63, 3.8) is 0 Å². The van der Waals surface area contributed by atoms with E-state index in [4.69, 9.17) is 16.3 Å². The minimum Gasteiger partial charge on any atom is -0.467 e. The molecular formula is C18H18BrClN2O5S. The molecule has 2 aromatic carbocycles. The Kier molecular flexibility index (Phi) is 7.22. The SMILES string of the molecule is COC(=O)C(NC(=O)c1ccc(Cl)c(S(=O)(=O)N(C)C)c1)c1ccc(Br)cc1. The molecule has 1 atom stereocenters. The van der Waals surface area contributed by atoms with Crippen LogP contribution in [0.1, 0.15) is 22.0 Å². The molecule has 0 aliphatic heterocycles. The lowest BCUT2D eigenvalue weighted by Crippen LogP contribution is -2.34. The van der Waals surface area contributed by atoms with Crippen LogP contribution in [0.3, 0.4) is 0 Å². The van der Waals surface area contributed by atoms with Crippen LogP contribution in [0.2, 0.25) is 5.02 Å². The van der Waals surface area contributed by atoms with Crippen LogP contribution in [0.4, 0.5) is 0 Å². The van der Waals surface area contributed by atoms with Gasteiger partial charge in [0.15, 0.2) is 6.04 Å². The summed E-state index contributed by atoms with van der Waals surface area (Å²) in [6.45, 7) is 0. The van der Waals surface area contributed by atoms with Crippen molar-refractivity contribution in [2.45, 2.75) is 10.9 Å². The van der Waals surface area contributed by atoms with Crippen molar-refractivity contribution in [3.05, 3.63) is 63.1 Å². The van der Waals surface area contributed by atoms with Gasteiger partial charge in [0, 0.05) is 24.1 Å². The fourth-order valence-corrected chi connectivity index (χ4v) is 3.96. The number of benzene rings is 2. The Morgan fingerprint density at radius 2 is 1.75 bits per heavy atom. The fourth-order valence-electron chi connectivity index (χ4n) is 2.30. The van der Waals surface area contributed by atoms with E-state index >= 15 is 0 Å². The number of hydrogen-bond acceptors (Lipinski definition) is 5. The van der Waals surface area contributed by atoms with E-state index < -0.39 is 27.9 Å². The van der Waals surface area contributed by atoms with Crippen LogP contribution in [0.25, 0.3) is 0 Å². The van der Waals surface area contributed by atoms with Gasteiger partial charge in [-0.05, 0) is 35.9 Å². The Balaban J connectivity index is 2.39. The molecule has 10 heteroatoms. The highest BCUT2D eigenvalue weighted by Crippen LogP contribution is 2.25. The van der Waals surface area contributed by atoms with E-state index in [-0.39, 0.29) is 15.5 Å². The number of esters is 1. The largest absolute Gasteiger partial charge is 0.467 e. The number of methoxy groups -OCH3 is 1. The van der Waals surface area contributed by atoms with Gasteiger partial charge in [0.05, 0.1) is 12.1 Å². The predicted molar refractivity (Wildman–Crippen MR) is 109 cm³/mol. The number of rotatable bonds is 6. The number of halogens is 2. The van der Waals surface area contributed by atoms with Crippen molar-refractivity contribution in [1.29, 1.82) is 0 Å². The quantitative estimate of drug-likeness (QED) is 0.630. The van der Waals surface area contributed by atoms with Gasteiger partial charge in [-0.15, -0.1) is 0 Å². The number of nitrogens with one attached hydrogen (secondary N) is 1. The number of carbonyl (C=O) groups excluding carboxylic acids is 2. The molecule has 0 spiro atoms. The fraction of sp³-hybridized carbons (Fsp3) is 0.222. The summed E-state index contributed by atoms with van der Waals surface area (Å²) in [6, 6.07) is 9.58. The first-order valence-electron chi connectivity index (χ1n) is 7.94. The predicted octanol–water partition coefficient (Wildman–Crippen LogP) is 3.00. The molecule has 7 nitrogen and oxygen atoms in total. The van der Waals surface area contributed by atoms with Crippen LogP contribution < -0.4 is 5.32 Å². The molecule has 2 aromatic rings. The zero-order chi connectivity index (χ0) is 21.1. The van der Waals surface area contributed by atoms with E-state index in [2.05, 4.69) is 21.2 Å². The van der Waals surface area contributed by atoms with E-state index in [0.29, 0.717) is 5.56 Å². The standard InChI is InChI=1S/C18H18BrClN2O5S/c1-22(2)28(25,26)15-10-12(6-9-14(15)20)17(23)21-16(18(24)27-3)11-4-7-13(19)8-5-11/h4-10,16H,1-3H3,(H,21,23). The van der Waals surface area contributed by atoms with Crippen molar-refractivity contribution in [3.8, 4) is 0 Å². The second kappa shape index (κ2) is 9.04. The van der Waals surface area contributed by atoms with Crippen molar-refractivity contribution in [2.24, 2.45) is 0 Å². The third-order valence-electron chi connectivity index (χ3n) is 3.87. The Hall–Kier alpha value is -1.94. The van der Waals surface area contributed by atoms with Crippen LogP contribution in [0, 0.1) is 0 Å². The number of carbonyl (C=O) groups is 2. The summed E-state index contributed by atoms with van der Waals surface area (Å²) in [4.78, 5) is 24.7. The summed E-state index contributed by atoms with van der Waals surface area (Å²) in [6.07, 6.45) is 0. The Morgan fingerprint density at radius 1 is 1.14 bits per heavy atom. The van der Waals surface area contributed by atoms with Gasteiger partial charge in [-0.2, -0.15) is 0 Å². The maximum atomic E-state index is 12.7. The van der Waals surface area contributed by atoms with Gasteiger partial charge >= 0.3 is 5.97 Å². The monoisotopic (exact) mass is 488 g/mol. The zero-order valence-corrected chi connectivity index (χ0v) is 18.4. The Bertz CT molecular complexity index is 994. The molecule has 2 rings (SSSR count). The van der Waals surface area contributed by atoms with Crippen molar-refractivity contribution in [1.82, 2.24) is 9.62 Å². The number of sulfonamides is 1. The molecule has 0 saturated carbocycles. The minimum atomic E-state index is -3.85. The summed E-state index contributed by atoms with van der Waals surface area (Å²) >= 11 is 9.31. The van der Waals surface area contributed by atoms with Crippen molar-refractivity contribution < 1.29 is 22.7 Å². The smallest absolute Gasteiger partial charge is 0.333 e. The number of nitrogens with zero attached hydrogens (tertiary/aromatic N) is 1. The molecule has 0 aliphatic rings. The Labute approximate surface area is 176 Å². The third-order valence-corrected chi connectivity index (χ3v) is 6.69. The number of hydrogen-bond donors (Lipinski definition) is 1. The summed E-state index contributed by atoms with van der Waals surface area (Å²) in [7, 11) is 0.0880. The highest BCUT2D eigenvalue weighted by molar-refractivity contribution is 9.10. The molecule has 0 aliphatic carbocycles. The lowest BCUT2D eigenvalue weighted by atomic mass is 10.1. The zero-order valence-electron chi connectivity index (χ0n) is 15.3. The van der Waals surface area contributed by atoms with Gasteiger partial charge in [0.2, 0.25) is 10.0 Å². The van der Waals surface area contributed by atoms with Gasteiger partial charge in [-0.1, -0.05) is 39.7 Å². The summed E-state index contributed by atoms with van der Waals surface area (Å²) < 4.78 is 31.4. The molecule has 28 heavy (non-hydrogen) atoms. The van der Waals surface area contributed by atoms with Gasteiger partial charge in [-0.25, -0.2) is 17.5 Å². The summed E-state index contributed by atoms with van der Waals surface area (Å²) in [5.74, 6) is -1.31. The molecule has 0 bridgehead atoms. The molecule has 0 heterocycles. The van der Waals surface area contributed by atoms with Crippen LogP contribution in [0.5, 0.6) is 0 Å². The molecule has 0 radical (unpaired) electrons. The van der Waals surface area contributed by atoms with E-state index in [1.807, 2.05) is 0 Å². The van der Waals surface area contributed by atoms with E-state index in [1.165, 1.54) is 39.4 Å². The summed E-state index contributed by atoms with van der Waals surface area (Å²) in [5.41, 5.74) is 0.550. The molecule has 1 amide bonds. The van der Waals surface area contributed by atoms with Crippen molar-refractivity contribution in [2.75, 3.05) is 21.2 Å². The van der Waals surface area contributed by atoms with Crippen LogP contribution in [-0.4, -0.2) is 45.8 Å². The average Bonchev–Trinajstić information content (AvgIpc) is 2.66. The van der Waals surface area contributed by atoms with Gasteiger partial charge in [0.25, 0.3) is 5.91 Å². The number of ether oxygens (including phenoxy) is 1. The normalized spacial score (nSPS) is 12.5. The summed E-state index contributed by atoms with van der Waals surface area (Å²) in [5, 5.41) is 2.56. The molecule has 150 valence electrons. The molecular weight excluding hydrogens is 472 g/mol. The molecule has 0 saturated heterocycles. The van der Waals surface area contributed by atoms with Crippen LogP contribution in [0.15, 0.2) is 51.8 Å². The maximum Gasteiger partial charge on any atom is 0.333 e. The first kappa shape index (κ1) is 22.4. The van der Waals surface area contributed by atoms with Gasteiger partial charge in [0.1, 0.15) is 4.90 Å². The molecule has 1 N–H and O–H groups in total. The molecule has 0 aromatic heterocycles. The highest BCUT2D eigenvalue weighted by atomic mass is 79.9. The first-order valence-corrected chi connectivity index (χ1v) is 10.5. The van der Waals surface area contributed by atoms with E-state index in [0.717, 1.165) is 8.78 Å². The average molecular weight is 490 g/mol. The highest BCUT2D eigenvalue weighted by Gasteiger charge is 2.26. The van der Waals surface area contributed by atoms with E-state index in [1.54, 1.807) is 24.3 Å². The molecule has 1 unspecified atom stereocenters. The lowest BCUT2D eigenvalue weighted by molar-refractivity contribution is -0.143. The van der Waals surface area contributed by atoms with Crippen molar-refractivity contribution >= 4 is 49.4 Å². The van der Waals surface area contributed by atoms with E-state index in [9.17, 15) is 18.0 Å². The first-order chi connectivity index (χ1) is 13.1. The second-order valence-corrected chi connectivity index (χ2v) is 9.36. The van der Waals surface area contributed by atoms with Crippen LogP contribution >= 0.6 is 27.5 Å². The lowest BCUT2D eigenvalue weighted by Gasteiger charge is -2.18. The van der Waals surface area contributed by atoms with Crippen LogP contribution in [-0.2, 0) is 19.6 Å². The van der Waals surface area contributed by atoms with Gasteiger partial charge < -0.3 is 10.1 Å². The third kappa shape index (κ3) is 4.91. The second-order valence-electron chi connectivity index (χ2n) is 5.91. The maximum absolute atomic E-state index is 12.7.